The lowest BCUT2D eigenvalue weighted by atomic mass is 10.1. The Bertz CT molecular complexity index is 567. The largest absolute Gasteiger partial charge is 0.398 e. The monoisotopic (exact) mass is 278 g/mol. The molecule has 3 N–H and O–H groups in total. The van der Waals surface area contributed by atoms with Gasteiger partial charge in [0.25, 0.3) is 0 Å². The van der Waals surface area contributed by atoms with Crippen molar-refractivity contribution < 1.29 is 4.39 Å². The lowest BCUT2D eigenvalue weighted by Gasteiger charge is -2.11. The van der Waals surface area contributed by atoms with Gasteiger partial charge in [0.2, 0.25) is 0 Å². The van der Waals surface area contributed by atoms with Gasteiger partial charge in [0.15, 0.2) is 0 Å². The summed E-state index contributed by atoms with van der Waals surface area (Å²) >= 11 is 5.99. The van der Waals surface area contributed by atoms with Crippen LogP contribution in [0.2, 0.25) is 5.02 Å². The van der Waals surface area contributed by atoms with E-state index >= 15 is 0 Å². The Labute approximate surface area is 117 Å². The zero-order chi connectivity index (χ0) is 13.8. The number of halogens is 2. The van der Waals surface area contributed by atoms with Crippen LogP contribution in [-0.4, -0.2) is 6.54 Å². The minimum atomic E-state index is -0.210. The highest BCUT2D eigenvalue weighted by Gasteiger charge is 2.03. The molecule has 0 aromatic heterocycles. The van der Waals surface area contributed by atoms with Gasteiger partial charge in [-0.25, -0.2) is 4.39 Å². The molecule has 2 aromatic rings. The number of hydrogen-bond donors (Lipinski definition) is 2. The van der Waals surface area contributed by atoms with Crippen LogP contribution < -0.4 is 11.1 Å². The number of anilines is 2. The van der Waals surface area contributed by atoms with Crippen molar-refractivity contribution in [3.8, 4) is 0 Å². The molecule has 0 fully saturated rings. The average Bonchev–Trinajstić information content (AvgIpc) is 2.38. The summed E-state index contributed by atoms with van der Waals surface area (Å²) in [6, 6.07) is 10.2. The molecule has 0 bridgehead atoms. The molecule has 0 aliphatic heterocycles. The minimum Gasteiger partial charge on any atom is -0.398 e. The van der Waals surface area contributed by atoms with Crippen molar-refractivity contribution in [1.82, 2.24) is 0 Å². The van der Waals surface area contributed by atoms with E-state index in [9.17, 15) is 4.39 Å². The first-order chi connectivity index (χ1) is 9.06. The highest BCUT2D eigenvalue weighted by molar-refractivity contribution is 6.33. The summed E-state index contributed by atoms with van der Waals surface area (Å²) in [5, 5.41) is 3.86. The van der Waals surface area contributed by atoms with E-state index in [0.717, 1.165) is 29.8 Å². The van der Waals surface area contributed by atoms with Crippen LogP contribution in [0.3, 0.4) is 0 Å². The third kappa shape index (κ3) is 3.61. The second kappa shape index (κ2) is 5.93. The van der Waals surface area contributed by atoms with Crippen LogP contribution in [0.4, 0.5) is 15.8 Å². The number of nitrogens with one attached hydrogen (secondary N) is 1. The van der Waals surface area contributed by atoms with Crippen molar-refractivity contribution in [2.75, 3.05) is 17.6 Å². The summed E-state index contributed by atoms with van der Waals surface area (Å²) in [7, 11) is 0. The van der Waals surface area contributed by atoms with Crippen LogP contribution in [-0.2, 0) is 6.42 Å². The molecule has 0 saturated carbocycles. The van der Waals surface area contributed by atoms with Gasteiger partial charge in [0.1, 0.15) is 5.82 Å². The molecule has 0 saturated heterocycles. The summed E-state index contributed by atoms with van der Waals surface area (Å²) in [6.07, 6.45) is 0.821. The smallest absolute Gasteiger partial charge is 0.123 e. The molecular formula is C15H16ClFN2. The standard InChI is InChI=1S/C15H16ClFN2/c1-10-8-14(18)13(16)9-15(10)19-7-6-11-2-4-12(17)5-3-11/h2-5,8-9,19H,6-7,18H2,1H3. The van der Waals surface area contributed by atoms with Gasteiger partial charge in [-0.3, -0.25) is 0 Å². The molecule has 0 radical (unpaired) electrons. The van der Waals surface area contributed by atoms with E-state index in [4.69, 9.17) is 17.3 Å². The fraction of sp³-hybridized carbons (Fsp3) is 0.200. The van der Waals surface area contributed by atoms with Crippen LogP contribution in [0.5, 0.6) is 0 Å². The summed E-state index contributed by atoms with van der Waals surface area (Å²) in [5.74, 6) is -0.210. The maximum Gasteiger partial charge on any atom is 0.123 e. The van der Waals surface area contributed by atoms with Crippen molar-refractivity contribution >= 4 is 23.0 Å². The normalized spacial score (nSPS) is 10.5. The highest BCUT2D eigenvalue weighted by atomic mass is 35.5. The van der Waals surface area contributed by atoms with Crippen molar-refractivity contribution in [3.63, 3.8) is 0 Å². The summed E-state index contributed by atoms with van der Waals surface area (Å²) < 4.78 is 12.8. The van der Waals surface area contributed by atoms with Crippen molar-refractivity contribution in [2.45, 2.75) is 13.3 Å². The molecule has 0 aliphatic rings. The maximum absolute atomic E-state index is 12.8. The third-order valence-electron chi connectivity index (χ3n) is 2.99. The Morgan fingerprint density at radius 3 is 2.58 bits per heavy atom. The van der Waals surface area contributed by atoms with E-state index in [1.807, 2.05) is 19.1 Å². The minimum absolute atomic E-state index is 0.210. The van der Waals surface area contributed by atoms with E-state index in [-0.39, 0.29) is 5.82 Å². The van der Waals surface area contributed by atoms with Crippen LogP contribution in [0, 0.1) is 12.7 Å². The predicted octanol–water partition coefficient (Wildman–Crippen LogP) is 4.02. The molecule has 0 amide bonds. The lowest BCUT2D eigenvalue weighted by Crippen LogP contribution is -2.06. The van der Waals surface area contributed by atoms with E-state index in [2.05, 4.69) is 5.32 Å². The molecule has 0 heterocycles. The Kier molecular flexibility index (Phi) is 4.27. The summed E-state index contributed by atoms with van der Waals surface area (Å²) in [5.41, 5.74) is 9.44. The molecule has 2 nitrogen and oxygen atoms in total. The molecule has 2 aromatic carbocycles. The Morgan fingerprint density at radius 1 is 1.21 bits per heavy atom. The SMILES string of the molecule is Cc1cc(N)c(Cl)cc1NCCc1ccc(F)cc1. The first-order valence-electron chi connectivity index (χ1n) is 6.10. The molecule has 2 rings (SSSR count). The number of hydrogen-bond acceptors (Lipinski definition) is 2. The average molecular weight is 279 g/mol. The van der Waals surface area contributed by atoms with Crippen LogP contribution in [0.1, 0.15) is 11.1 Å². The fourth-order valence-electron chi connectivity index (χ4n) is 1.89. The topological polar surface area (TPSA) is 38.0 Å². The molecule has 100 valence electrons. The quantitative estimate of drug-likeness (QED) is 0.829. The molecule has 4 heteroatoms. The number of rotatable bonds is 4. The van der Waals surface area contributed by atoms with Gasteiger partial charge in [0, 0.05) is 12.2 Å². The third-order valence-corrected chi connectivity index (χ3v) is 3.31. The maximum atomic E-state index is 12.8. The van der Waals surface area contributed by atoms with Crippen LogP contribution >= 0.6 is 11.6 Å². The van der Waals surface area contributed by atoms with Crippen LogP contribution in [0.25, 0.3) is 0 Å². The zero-order valence-electron chi connectivity index (χ0n) is 10.7. The van der Waals surface area contributed by atoms with Crippen molar-refractivity contribution in [3.05, 3.63) is 58.4 Å². The Balaban J connectivity index is 1.96. The van der Waals surface area contributed by atoms with Gasteiger partial charge in [0.05, 0.1) is 10.7 Å². The van der Waals surface area contributed by atoms with Gasteiger partial charge >= 0.3 is 0 Å². The number of nitrogen functional groups attached to an aromatic ring is 1. The van der Waals surface area contributed by atoms with Gasteiger partial charge in [-0.1, -0.05) is 23.7 Å². The van der Waals surface area contributed by atoms with E-state index in [0.29, 0.717) is 10.7 Å². The van der Waals surface area contributed by atoms with Crippen molar-refractivity contribution in [1.29, 1.82) is 0 Å². The van der Waals surface area contributed by atoms with Gasteiger partial charge in [-0.05, 0) is 48.7 Å². The fourth-order valence-corrected chi connectivity index (χ4v) is 2.05. The van der Waals surface area contributed by atoms with E-state index < -0.39 is 0 Å². The number of aryl methyl sites for hydroxylation is 1. The van der Waals surface area contributed by atoms with E-state index in [1.54, 1.807) is 12.1 Å². The van der Waals surface area contributed by atoms with Crippen LogP contribution in [0.15, 0.2) is 36.4 Å². The first kappa shape index (κ1) is 13.7. The molecular weight excluding hydrogens is 263 g/mol. The molecule has 0 unspecified atom stereocenters. The second-order valence-electron chi connectivity index (χ2n) is 4.49. The van der Waals surface area contributed by atoms with Crippen molar-refractivity contribution in [2.24, 2.45) is 0 Å². The van der Waals surface area contributed by atoms with E-state index in [1.165, 1.54) is 12.1 Å². The Morgan fingerprint density at radius 2 is 1.89 bits per heavy atom. The first-order valence-corrected chi connectivity index (χ1v) is 6.48. The predicted molar refractivity (Wildman–Crippen MR) is 79.2 cm³/mol. The summed E-state index contributed by atoms with van der Waals surface area (Å²) in [6.45, 7) is 2.74. The number of benzene rings is 2. The highest BCUT2D eigenvalue weighted by Crippen LogP contribution is 2.26. The lowest BCUT2D eigenvalue weighted by molar-refractivity contribution is 0.627. The molecule has 0 atom stereocenters. The van der Waals surface area contributed by atoms with Gasteiger partial charge in [-0.15, -0.1) is 0 Å². The molecule has 0 spiro atoms. The molecule has 0 aliphatic carbocycles. The Hall–Kier alpha value is -1.74. The van der Waals surface area contributed by atoms with Gasteiger partial charge in [-0.2, -0.15) is 0 Å². The molecule has 19 heavy (non-hydrogen) atoms. The van der Waals surface area contributed by atoms with Gasteiger partial charge < -0.3 is 11.1 Å². The summed E-state index contributed by atoms with van der Waals surface area (Å²) in [4.78, 5) is 0. The second-order valence-corrected chi connectivity index (χ2v) is 4.90. The number of nitrogens with two attached hydrogens (primary N) is 1. The zero-order valence-corrected chi connectivity index (χ0v) is 11.5.